The molecule has 0 spiro atoms. The minimum atomic E-state index is -0.732. The molecule has 2 aromatic rings. The van der Waals surface area contributed by atoms with Crippen molar-refractivity contribution in [3.63, 3.8) is 0 Å². The van der Waals surface area contributed by atoms with Crippen LogP contribution in [-0.2, 0) is 14.3 Å². The molecule has 1 saturated heterocycles. The van der Waals surface area contributed by atoms with E-state index in [-0.39, 0.29) is 6.04 Å². The third kappa shape index (κ3) is 5.50. The van der Waals surface area contributed by atoms with Gasteiger partial charge in [-0.05, 0) is 29.8 Å². The second kappa shape index (κ2) is 9.45. The van der Waals surface area contributed by atoms with Crippen molar-refractivity contribution >= 4 is 29.1 Å². The summed E-state index contributed by atoms with van der Waals surface area (Å²) in [5, 5.41) is 5.75. The Morgan fingerprint density at radius 2 is 2.00 bits per heavy atom. The van der Waals surface area contributed by atoms with Gasteiger partial charge in [0.2, 0.25) is 0 Å². The van der Waals surface area contributed by atoms with Crippen LogP contribution in [0.3, 0.4) is 0 Å². The highest BCUT2D eigenvalue weighted by molar-refractivity contribution is 6.39. The molecule has 2 heterocycles. The average molecular weight is 389 g/mol. The summed E-state index contributed by atoms with van der Waals surface area (Å²) in [6.45, 7) is 3.09. The van der Waals surface area contributed by atoms with Gasteiger partial charge in [0.1, 0.15) is 0 Å². The lowest BCUT2D eigenvalue weighted by Gasteiger charge is -2.34. The number of aromatic nitrogens is 1. The first-order valence-corrected chi connectivity index (χ1v) is 9.08. The van der Waals surface area contributed by atoms with Crippen LogP contribution in [0.1, 0.15) is 11.6 Å². The minimum absolute atomic E-state index is 0.0782. The Bertz CT molecular complexity index is 782. The monoisotopic (exact) mass is 388 g/mol. The van der Waals surface area contributed by atoms with Crippen LogP contribution >= 0.6 is 11.6 Å². The van der Waals surface area contributed by atoms with Crippen LogP contribution in [0.5, 0.6) is 0 Å². The van der Waals surface area contributed by atoms with E-state index in [1.807, 2.05) is 12.1 Å². The predicted molar refractivity (Wildman–Crippen MR) is 102 cm³/mol. The van der Waals surface area contributed by atoms with E-state index in [0.717, 1.165) is 18.7 Å². The maximum absolute atomic E-state index is 12.2. The Morgan fingerprint density at radius 3 is 2.70 bits per heavy atom. The second-order valence-electron chi connectivity index (χ2n) is 6.12. The number of hydrogen-bond acceptors (Lipinski definition) is 5. The van der Waals surface area contributed by atoms with Crippen LogP contribution in [0, 0.1) is 0 Å². The maximum Gasteiger partial charge on any atom is 0.313 e. The molecular weight excluding hydrogens is 368 g/mol. The summed E-state index contributed by atoms with van der Waals surface area (Å²) in [7, 11) is 0. The zero-order valence-corrected chi connectivity index (χ0v) is 15.5. The van der Waals surface area contributed by atoms with Crippen LogP contribution < -0.4 is 10.6 Å². The summed E-state index contributed by atoms with van der Waals surface area (Å²) in [5.74, 6) is -1.43. The highest BCUT2D eigenvalue weighted by Crippen LogP contribution is 2.20. The summed E-state index contributed by atoms with van der Waals surface area (Å²) in [4.78, 5) is 30.8. The van der Waals surface area contributed by atoms with Gasteiger partial charge < -0.3 is 15.4 Å². The lowest BCUT2D eigenvalue weighted by molar-refractivity contribution is -0.136. The highest BCUT2D eigenvalue weighted by Gasteiger charge is 2.24. The Hall–Kier alpha value is -2.48. The number of amides is 2. The van der Waals surface area contributed by atoms with Gasteiger partial charge >= 0.3 is 11.8 Å². The molecule has 8 heteroatoms. The van der Waals surface area contributed by atoms with E-state index in [0.29, 0.717) is 30.5 Å². The topological polar surface area (TPSA) is 83.6 Å². The second-order valence-corrected chi connectivity index (χ2v) is 6.56. The van der Waals surface area contributed by atoms with Crippen LogP contribution in [0.2, 0.25) is 5.02 Å². The SMILES string of the molecule is O=C(NC[C@H](c1cccnc1)N1CCOCC1)C(=O)Nc1cccc(Cl)c1. The molecule has 0 radical (unpaired) electrons. The van der Waals surface area contributed by atoms with Gasteiger partial charge in [-0.1, -0.05) is 23.7 Å². The van der Waals surface area contributed by atoms with Crippen molar-refractivity contribution in [2.45, 2.75) is 6.04 Å². The Balaban J connectivity index is 1.62. The molecule has 3 rings (SSSR count). The van der Waals surface area contributed by atoms with Crippen molar-refractivity contribution in [1.82, 2.24) is 15.2 Å². The van der Waals surface area contributed by atoms with Crippen molar-refractivity contribution < 1.29 is 14.3 Å². The lowest BCUT2D eigenvalue weighted by atomic mass is 10.1. The van der Waals surface area contributed by atoms with Crippen molar-refractivity contribution in [3.05, 3.63) is 59.4 Å². The first-order valence-electron chi connectivity index (χ1n) is 8.70. The fraction of sp³-hybridized carbons (Fsp3) is 0.316. The lowest BCUT2D eigenvalue weighted by Crippen LogP contribution is -2.45. The Labute approximate surface area is 162 Å². The van der Waals surface area contributed by atoms with Gasteiger partial charge in [-0.15, -0.1) is 0 Å². The fourth-order valence-electron chi connectivity index (χ4n) is 2.94. The largest absolute Gasteiger partial charge is 0.379 e. The van der Waals surface area contributed by atoms with Crippen LogP contribution in [0.4, 0.5) is 5.69 Å². The summed E-state index contributed by atoms with van der Waals surface area (Å²) < 4.78 is 5.41. The van der Waals surface area contributed by atoms with Gasteiger partial charge in [0, 0.05) is 42.7 Å². The molecule has 0 unspecified atom stereocenters. The molecule has 7 nitrogen and oxygen atoms in total. The predicted octanol–water partition coefficient (Wildman–Crippen LogP) is 1.86. The van der Waals surface area contributed by atoms with Gasteiger partial charge in [-0.3, -0.25) is 19.5 Å². The molecule has 1 atom stereocenters. The summed E-state index contributed by atoms with van der Waals surface area (Å²) in [6, 6.07) is 10.4. The molecule has 1 fully saturated rings. The normalized spacial score (nSPS) is 15.7. The minimum Gasteiger partial charge on any atom is -0.379 e. The zero-order chi connectivity index (χ0) is 19.1. The average Bonchev–Trinajstić information content (AvgIpc) is 2.69. The number of morpholine rings is 1. The number of anilines is 1. The van der Waals surface area contributed by atoms with E-state index in [2.05, 4.69) is 20.5 Å². The third-order valence-corrected chi connectivity index (χ3v) is 4.54. The molecule has 2 amide bonds. The molecule has 0 bridgehead atoms. The smallest absolute Gasteiger partial charge is 0.313 e. The standard InChI is InChI=1S/C19H21ClN4O3/c20-15-4-1-5-16(11-15)23-19(26)18(25)22-13-17(14-3-2-6-21-12-14)24-7-9-27-10-8-24/h1-6,11-12,17H,7-10,13H2,(H,22,25)(H,23,26)/t17-/m1/s1. The summed E-state index contributed by atoms with van der Waals surface area (Å²) in [6.07, 6.45) is 3.48. The quantitative estimate of drug-likeness (QED) is 0.764. The van der Waals surface area contributed by atoms with Gasteiger partial charge in [-0.25, -0.2) is 0 Å². The van der Waals surface area contributed by atoms with Crippen LogP contribution in [0.25, 0.3) is 0 Å². The number of hydrogen-bond donors (Lipinski definition) is 2. The van der Waals surface area contributed by atoms with Gasteiger partial charge in [0.05, 0.1) is 19.3 Å². The van der Waals surface area contributed by atoms with Gasteiger partial charge in [-0.2, -0.15) is 0 Å². The number of nitrogens with one attached hydrogen (secondary N) is 2. The fourth-order valence-corrected chi connectivity index (χ4v) is 3.13. The number of nitrogens with zero attached hydrogens (tertiary/aromatic N) is 2. The van der Waals surface area contributed by atoms with E-state index in [9.17, 15) is 9.59 Å². The maximum atomic E-state index is 12.2. The van der Waals surface area contributed by atoms with Crippen molar-refractivity contribution in [1.29, 1.82) is 0 Å². The van der Waals surface area contributed by atoms with Gasteiger partial charge in [0.15, 0.2) is 0 Å². The highest BCUT2D eigenvalue weighted by atomic mass is 35.5. The third-order valence-electron chi connectivity index (χ3n) is 4.30. The van der Waals surface area contributed by atoms with E-state index in [4.69, 9.17) is 16.3 Å². The van der Waals surface area contributed by atoms with Crippen LogP contribution in [0.15, 0.2) is 48.8 Å². The molecule has 1 aliphatic heterocycles. The number of carbonyl (C=O) groups is 2. The first-order chi connectivity index (χ1) is 13.1. The number of carbonyl (C=O) groups excluding carboxylic acids is 2. The van der Waals surface area contributed by atoms with Crippen molar-refractivity contribution in [2.24, 2.45) is 0 Å². The summed E-state index contributed by atoms with van der Waals surface area (Å²) >= 11 is 5.89. The number of pyridine rings is 1. The first kappa shape index (κ1) is 19.3. The van der Waals surface area contributed by atoms with E-state index in [1.165, 1.54) is 0 Å². The molecule has 142 valence electrons. The molecule has 0 aliphatic carbocycles. The van der Waals surface area contributed by atoms with Crippen molar-refractivity contribution in [3.8, 4) is 0 Å². The van der Waals surface area contributed by atoms with E-state index in [1.54, 1.807) is 36.7 Å². The molecular formula is C19H21ClN4O3. The van der Waals surface area contributed by atoms with E-state index >= 15 is 0 Å². The molecule has 1 aromatic carbocycles. The van der Waals surface area contributed by atoms with Gasteiger partial charge in [0.25, 0.3) is 0 Å². The number of rotatable bonds is 5. The number of ether oxygens (including phenoxy) is 1. The molecule has 2 N–H and O–H groups in total. The Kier molecular flexibility index (Phi) is 6.75. The molecule has 1 aliphatic rings. The van der Waals surface area contributed by atoms with E-state index < -0.39 is 11.8 Å². The molecule has 1 aromatic heterocycles. The number of benzene rings is 1. The van der Waals surface area contributed by atoms with Crippen molar-refractivity contribution in [2.75, 3.05) is 38.2 Å². The molecule has 27 heavy (non-hydrogen) atoms. The summed E-state index contributed by atoms with van der Waals surface area (Å²) in [5.41, 5.74) is 1.45. The zero-order valence-electron chi connectivity index (χ0n) is 14.7. The number of halogens is 1. The molecule has 0 saturated carbocycles. The Morgan fingerprint density at radius 1 is 1.19 bits per heavy atom. The van der Waals surface area contributed by atoms with Crippen LogP contribution in [-0.4, -0.2) is 54.5 Å².